The number of carboxylic acids is 2. The molecule has 0 saturated carbocycles. The number of aromatic carboxylic acids is 2. The average Bonchev–Trinajstić information content (AvgIpc) is 2.88. The van der Waals surface area contributed by atoms with Gasteiger partial charge in [-0.3, -0.25) is 0 Å². The van der Waals surface area contributed by atoms with Gasteiger partial charge in [0.1, 0.15) is 0 Å². The Labute approximate surface area is 219 Å². The van der Waals surface area contributed by atoms with Crippen molar-refractivity contribution in [3.63, 3.8) is 0 Å². The van der Waals surface area contributed by atoms with Crippen LogP contribution in [0, 0.1) is 0 Å². The fourth-order valence-electron chi connectivity index (χ4n) is 3.80. The first-order chi connectivity index (χ1) is 16.8. The number of carboxylic acid groups (broad SMARTS) is 2. The molecule has 0 aliphatic carbocycles. The average molecular weight is 520 g/mol. The maximum atomic E-state index is 11.1. The van der Waals surface area contributed by atoms with Crippen molar-refractivity contribution >= 4 is 33.5 Å². The molecular formula is C28H41NO4S2. The van der Waals surface area contributed by atoms with Crippen LogP contribution in [0.1, 0.15) is 86.9 Å². The van der Waals surface area contributed by atoms with Crippen molar-refractivity contribution in [3.05, 3.63) is 59.7 Å². The lowest BCUT2D eigenvalue weighted by Gasteiger charge is -2.38. The number of rotatable bonds is 15. The van der Waals surface area contributed by atoms with Crippen molar-refractivity contribution in [1.82, 2.24) is 0 Å². The van der Waals surface area contributed by atoms with Crippen LogP contribution < -0.4 is 5.11 Å². The van der Waals surface area contributed by atoms with Gasteiger partial charge < -0.3 is 19.5 Å². The first-order valence-corrected chi connectivity index (χ1v) is 14.8. The van der Waals surface area contributed by atoms with E-state index in [9.17, 15) is 14.7 Å². The molecule has 2 aromatic carbocycles. The van der Waals surface area contributed by atoms with E-state index in [0.717, 1.165) is 0 Å². The minimum Gasteiger partial charge on any atom is -0.545 e. The summed E-state index contributed by atoms with van der Waals surface area (Å²) in [4.78, 5) is 23.2. The van der Waals surface area contributed by atoms with Crippen molar-refractivity contribution in [1.29, 1.82) is 0 Å². The van der Waals surface area contributed by atoms with Crippen LogP contribution in [0.3, 0.4) is 0 Å². The molecule has 0 radical (unpaired) electrons. The third kappa shape index (κ3) is 11.1. The quantitative estimate of drug-likeness (QED) is 0.207. The van der Waals surface area contributed by atoms with Crippen LogP contribution in [-0.2, 0) is 0 Å². The molecule has 0 aliphatic heterocycles. The van der Waals surface area contributed by atoms with Crippen molar-refractivity contribution in [2.45, 2.75) is 76.0 Å². The number of hydrogen-bond acceptors (Lipinski definition) is 5. The number of nitrogens with zero attached hydrogens (tertiary/aromatic N) is 1. The van der Waals surface area contributed by atoms with Crippen molar-refractivity contribution in [2.75, 3.05) is 26.2 Å². The summed E-state index contributed by atoms with van der Waals surface area (Å²) in [5.41, 5.74) is 0.286. The summed E-state index contributed by atoms with van der Waals surface area (Å²) in [7, 11) is 2.40. The summed E-state index contributed by atoms with van der Waals surface area (Å²) in [5.74, 6) is -2.26. The highest BCUT2D eigenvalue weighted by Crippen LogP contribution is 2.40. The molecule has 0 aliphatic rings. The summed E-state index contributed by atoms with van der Waals surface area (Å²) < 4.78 is 1.38. The minimum absolute atomic E-state index is 0.0952. The highest BCUT2D eigenvalue weighted by atomic mass is 33.1. The zero-order chi connectivity index (χ0) is 26.1. The summed E-state index contributed by atoms with van der Waals surface area (Å²) in [6.45, 7) is 14.9. The highest BCUT2D eigenvalue weighted by Gasteiger charge is 2.22. The molecule has 0 atom stereocenters. The lowest BCUT2D eigenvalue weighted by atomic mass is 10.1. The predicted molar refractivity (Wildman–Crippen MR) is 146 cm³/mol. The number of carbonyl (C=O) groups excluding carboxylic acids is 1. The Morgan fingerprint density at radius 3 is 1.51 bits per heavy atom. The highest BCUT2D eigenvalue weighted by molar-refractivity contribution is 8.76. The summed E-state index contributed by atoms with van der Waals surface area (Å²) >= 11 is 0. The van der Waals surface area contributed by atoms with E-state index in [1.54, 1.807) is 36.4 Å². The number of unbranched alkanes of at least 4 members (excludes halogenated alkanes) is 3. The van der Waals surface area contributed by atoms with Gasteiger partial charge in [0.25, 0.3) is 0 Å². The zero-order valence-electron chi connectivity index (χ0n) is 21.6. The second kappa shape index (κ2) is 17.5. The summed E-state index contributed by atoms with van der Waals surface area (Å²) in [6, 6.07) is 13.0. The van der Waals surface area contributed by atoms with Gasteiger partial charge >= 0.3 is 5.97 Å². The maximum absolute atomic E-state index is 11.1. The fraction of sp³-hybridized carbons (Fsp3) is 0.500. The zero-order valence-corrected chi connectivity index (χ0v) is 23.3. The summed E-state index contributed by atoms with van der Waals surface area (Å²) in [6.07, 6.45) is 8.25. The largest absolute Gasteiger partial charge is 0.545 e. The van der Waals surface area contributed by atoms with Crippen LogP contribution in [0.15, 0.2) is 58.3 Å². The molecule has 0 aromatic heterocycles. The topological polar surface area (TPSA) is 77.4 Å². The monoisotopic (exact) mass is 519 g/mol. The molecule has 35 heavy (non-hydrogen) atoms. The summed E-state index contributed by atoms with van der Waals surface area (Å²) in [5, 5.41) is 20.1. The van der Waals surface area contributed by atoms with E-state index in [2.05, 4.69) is 27.7 Å². The molecule has 2 aromatic rings. The molecular weight excluding hydrogens is 478 g/mol. The SMILES string of the molecule is CCCC[N+](CC)(CCCC)CCCC.O=C([O-])c1ccccc1SSc1ccccc1C(=O)O. The molecule has 0 saturated heterocycles. The standard InChI is InChI=1S/C14H32N.C14H10O4S2/c1-5-9-12-15(8-4,13-10-6-2)14-11-7-3;15-13(16)9-5-1-3-7-11(9)19-20-12-8-4-2-6-10(12)14(17)18/h5-14H2,1-4H3;1-8H,(H,15,16)(H,17,18)/q+1;/p-1. The number of quaternary nitrogens is 1. The van der Waals surface area contributed by atoms with E-state index in [0.29, 0.717) is 9.79 Å². The molecule has 5 nitrogen and oxygen atoms in total. The first-order valence-electron chi connectivity index (χ1n) is 12.7. The maximum Gasteiger partial charge on any atom is 0.336 e. The van der Waals surface area contributed by atoms with Crippen LogP contribution in [0.25, 0.3) is 0 Å². The van der Waals surface area contributed by atoms with Gasteiger partial charge in [-0.25, -0.2) is 4.79 Å². The van der Waals surface area contributed by atoms with Gasteiger partial charge in [0.15, 0.2) is 0 Å². The lowest BCUT2D eigenvalue weighted by Crippen LogP contribution is -2.49. The van der Waals surface area contributed by atoms with Crippen LogP contribution in [0.5, 0.6) is 0 Å². The smallest absolute Gasteiger partial charge is 0.336 e. The van der Waals surface area contributed by atoms with Gasteiger partial charge in [-0.1, -0.05) is 92.0 Å². The molecule has 0 unspecified atom stereocenters. The minimum atomic E-state index is -1.25. The van der Waals surface area contributed by atoms with E-state index in [1.165, 1.54) is 103 Å². The van der Waals surface area contributed by atoms with Gasteiger partial charge in [0, 0.05) is 15.4 Å². The second-order valence-corrected chi connectivity index (χ2v) is 10.9. The third-order valence-electron chi connectivity index (χ3n) is 6.07. The van der Waals surface area contributed by atoms with Crippen LogP contribution in [-0.4, -0.2) is 47.7 Å². The van der Waals surface area contributed by atoms with Crippen molar-refractivity contribution < 1.29 is 24.3 Å². The van der Waals surface area contributed by atoms with Crippen LogP contribution >= 0.6 is 21.6 Å². The van der Waals surface area contributed by atoms with E-state index >= 15 is 0 Å². The van der Waals surface area contributed by atoms with E-state index < -0.39 is 11.9 Å². The van der Waals surface area contributed by atoms with Gasteiger partial charge in [0.2, 0.25) is 0 Å². The molecule has 0 fully saturated rings. The van der Waals surface area contributed by atoms with Crippen molar-refractivity contribution in [2.24, 2.45) is 0 Å². The normalized spacial score (nSPS) is 11.0. The first kappa shape index (κ1) is 31.1. The molecule has 194 valence electrons. The Morgan fingerprint density at radius 1 is 0.743 bits per heavy atom. The number of hydrogen-bond donors (Lipinski definition) is 1. The predicted octanol–water partition coefficient (Wildman–Crippen LogP) is 6.77. The molecule has 0 spiro atoms. The molecule has 0 heterocycles. The Bertz CT molecular complexity index is 825. The van der Waals surface area contributed by atoms with Gasteiger partial charge in [-0.15, -0.1) is 0 Å². The van der Waals surface area contributed by atoms with Gasteiger partial charge in [-0.05, 0) is 44.4 Å². The number of carbonyl (C=O) groups is 2. The van der Waals surface area contributed by atoms with E-state index in [-0.39, 0.29) is 11.1 Å². The van der Waals surface area contributed by atoms with Crippen LogP contribution in [0.2, 0.25) is 0 Å². The fourth-order valence-corrected chi connectivity index (χ4v) is 6.15. The third-order valence-corrected chi connectivity index (χ3v) is 8.56. The molecule has 0 bridgehead atoms. The van der Waals surface area contributed by atoms with Crippen LogP contribution in [0.4, 0.5) is 0 Å². The second-order valence-electron chi connectivity index (χ2n) is 8.64. The molecule has 2 rings (SSSR count). The Morgan fingerprint density at radius 2 is 1.14 bits per heavy atom. The van der Waals surface area contributed by atoms with Gasteiger partial charge in [-0.2, -0.15) is 0 Å². The number of benzene rings is 2. The van der Waals surface area contributed by atoms with E-state index in [4.69, 9.17) is 5.11 Å². The van der Waals surface area contributed by atoms with Crippen molar-refractivity contribution in [3.8, 4) is 0 Å². The lowest BCUT2D eigenvalue weighted by molar-refractivity contribution is -0.927. The Kier molecular flexibility index (Phi) is 15.5. The molecule has 0 amide bonds. The molecule has 7 heteroatoms. The molecule has 1 N–H and O–H groups in total. The Balaban J connectivity index is 0.000000367. The van der Waals surface area contributed by atoms with Gasteiger partial charge in [0.05, 0.1) is 37.7 Å². The Hall–Kier alpha value is -1.96. The van der Waals surface area contributed by atoms with E-state index in [1.807, 2.05) is 0 Å².